The molecule has 0 amide bonds. The predicted octanol–water partition coefficient (Wildman–Crippen LogP) is 13.6. The van der Waals surface area contributed by atoms with Crippen molar-refractivity contribution in [3.05, 3.63) is 134 Å². The Labute approximate surface area is 403 Å². The zero-order valence-corrected chi connectivity index (χ0v) is 41.5. The Morgan fingerprint density at radius 3 is 1.57 bits per heavy atom. The van der Waals surface area contributed by atoms with E-state index >= 15 is 0 Å². The highest BCUT2D eigenvalue weighted by Crippen LogP contribution is 2.40. The summed E-state index contributed by atoms with van der Waals surface area (Å²) in [6.45, 7) is 4.85. The van der Waals surface area contributed by atoms with Crippen LogP contribution in [0.15, 0.2) is 110 Å². The molecule has 0 saturated carbocycles. The van der Waals surface area contributed by atoms with Crippen molar-refractivity contribution in [1.29, 1.82) is 16.2 Å². The van der Waals surface area contributed by atoms with Crippen LogP contribution in [0.2, 0.25) is 0 Å². The van der Waals surface area contributed by atoms with Gasteiger partial charge in [0.15, 0.2) is 0 Å². The molecule has 8 aromatic rings. The minimum absolute atomic E-state index is 0.0448. The van der Waals surface area contributed by atoms with Crippen LogP contribution in [0.1, 0.15) is 44.7 Å². The van der Waals surface area contributed by atoms with Crippen molar-refractivity contribution >= 4 is 143 Å². The lowest BCUT2D eigenvalue weighted by atomic mass is 10.1. The standard InChI is InChI=1S/C20H20N4S2.C15H17N3S2.C13H14FN3S2/c1-3-24-16-7-5-4-6-13(16)14-10-12(8-9-17(14)24)23-15-11-18(19(21)22)26-20(15)25-2;1-19-15-12(8-13(20-15)14(16)17)18-11-6-5-9-3-2-4-10(9)7-11;1-7-3-4-8(5-9(7)14)17-10-6-11(12(15)16)19-13(10)18-2/h4-11,23H,3H2,1-2H3,(H3,21,22);5-8,18H,2-4H2,1H3,(H3,16,17);3-6,17H,1-2H3,(H3,15,16). The van der Waals surface area contributed by atoms with E-state index in [1.165, 1.54) is 69.6 Å². The minimum atomic E-state index is -0.238. The Bertz CT molecular complexity index is 3040. The van der Waals surface area contributed by atoms with Crippen LogP contribution in [-0.2, 0) is 19.4 Å². The summed E-state index contributed by atoms with van der Waals surface area (Å²) in [5.41, 5.74) is 28.5. The number of aryl methyl sites for hydroxylation is 4. The Kier molecular flexibility index (Phi) is 15.5. The SMILES string of the molecule is CCn1c2ccccc2c2cc(Nc3cc(C(=N)N)sc3SC)ccc21.CSc1sc(C(=N)N)cc1Nc1ccc(C)c(F)c1.CSc1sc(C(=N)N)cc1Nc1ccc2c(c1)CCC2. The molecule has 0 saturated heterocycles. The van der Waals surface area contributed by atoms with Gasteiger partial charge in [0.2, 0.25) is 0 Å². The van der Waals surface area contributed by atoms with Gasteiger partial charge in [0.1, 0.15) is 23.3 Å². The molecule has 4 aromatic heterocycles. The van der Waals surface area contributed by atoms with Crippen molar-refractivity contribution in [2.24, 2.45) is 17.2 Å². The fourth-order valence-electron chi connectivity index (χ4n) is 7.50. The number of anilines is 6. The van der Waals surface area contributed by atoms with Gasteiger partial charge in [-0.2, -0.15) is 0 Å². The largest absolute Gasteiger partial charge is 0.383 e. The number of hydrogen-bond donors (Lipinski definition) is 9. The number of thiophene rings is 3. The van der Waals surface area contributed by atoms with Gasteiger partial charge in [-0.25, -0.2) is 4.39 Å². The van der Waals surface area contributed by atoms with Crippen LogP contribution in [0.5, 0.6) is 0 Å². The third-order valence-electron chi connectivity index (χ3n) is 10.6. The highest BCUT2D eigenvalue weighted by atomic mass is 32.2. The van der Waals surface area contributed by atoms with Crippen LogP contribution < -0.4 is 33.2 Å². The zero-order valence-electron chi connectivity index (χ0n) is 36.6. The number of halogens is 1. The molecule has 0 unspecified atom stereocenters. The molecule has 10 nitrogen and oxygen atoms in total. The van der Waals surface area contributed by atoms with Crippen molar-refractivity contribution in [3.63, 3.8) is 0 Å². The van der Waals surface area contributed by atoms with Crippen LogP contribution in [-0.4, -0.2) is 40.8 Å². The van der Waals surface area contributed by atoms with E-state index in [0.29, 0.717) is 16.1 Å². The summed E-state index contributed by atoms with van der Waals surface area (Å²) in [4.78, 5) is 2.32. The number of nitrogens with zero attached hydrogens (tertiary/aromatic N) is 1. The van der Waals surface area contributed by atoms with Gasteiger partial charge >= 0.3 is 0 Å². The number of nitrogens with one attached hydrogen (secondary N) is 6. The van der Waals surface area contributed by atoms with E-state index in [4.69, 9.17) is 33.4 Å². The van der Waals surface area contributed by atoms with Crippen LogP contribution in [0.3, 0.4) is 0 Å². The van der Waals surface area contributed by atoms with Gasteiger partial charge in [0.05, 0.1) is 44.3 Å². The first-order valence-corrected chi connectivity index (χ1v) is 26.7. The van der Waals surface area contributed by atoms with E-state index in [2.05, 4.69) is 88.1 Å². The first-order chi connectivity index (χ1) is 31.3. The van der Waals surface area contributed by atoms with Gasteiger partial charge in [-0.05, 0) is 135 Å². The Morgan fingerprint density at radius 1 is 0.600 bits per heavy atom. The maximum atomic E-state index is 13.5. The average Bonchev–Trinajstić information content (AvgIpc) is 4.15. The summed E-state index contributed by atoms with van der Waals surface area (Å²) >= 11 is 9.48. The Balaban J connectivity index is 0.000000148. The highest BCUT2D eigenvalue weighted by Gasteiger charge is 2.16. The molecule has 1 aliphatic carbocycles. The summed E-state index contributed by atoms with van der Waals surface area (Å²) in [5, 5.41) is 35.3. The normalized spacial score (nSPS) is 11.7. The fourth-order valence-corrected chi connectivity index (χ4v) is 12.4. The van der Waals surface area contributed by atoms with Gasteiger partial charge in [0, 0.05) is 45.4 Å². The lowest BCUT2D eigenvalue weighted by Gasteiger charge is -2.08. The molecule has 4 aromatic carbocycles. The van der Waals surface area contributed by atoms with Crippen LogP contribution in [0.25, 0.3) is 21.8 Å². The minimum Gasteiger partial charge on any atom is -0.383 e. The first-order valence-electron chi connectivity index (χ1n) is 20.6. The number of nitrogen functional groups attached to an aromatic ring is 3. The maximum Gasteiger partial charge on any atom is 0.133 e. The lowest BCUT2D eigenvalue weighted by molar-refractivity contribution is 0.619. The number of amidine groups is 3. The summed E-state index contributed by atoms with van der Waals surface area (Å²) in [6, 6.07) is 32.4. The second kappa shape index (κ2) is 21.3. The second-order valence-electron chi connectivity index (χ2n) is 15.0. The van der Waals surface area contributed by atoms with Crippen molar-refractivity contribution < 1.29 is 4.39 Å². The topological polar surface area (TPSA) is 191 Å². The van der Waals surface area contributed by atoms with Gasteiger partial charge in [0.25, 0.3) is 0 Å². The number of fused-ring (bicyclic) bond motifs is 4. The number of benzene rings is 4. The number of hydrogen-bond acceptors (Lipinski definition) is 12. The molecule has 0 spiro atoms. The number of nitrogens with two attached hydrogens (primary N) is 3. The van der Waals surface area contributed by atoms with Crippen molar-refractivity contribution in [1.82, 2.24) is 4.57 Å². The smallest absolute Gasteiger partial charge is 0.133 e. The van der Waals surface area contributed by atoms with E-state index in [-0.39, 0.29) is 23.3 Å². The Hall–Kier alpha value is -5.43. The predicted molar refractivity (Wildman–Crippen MR) is 286 cm³/mol. The monoisotopic (exact) mass is 978 g/mol. The Morgan fingerprint density at radius 2 is 1.06 bits per heavy atom. The fraction of sp³-hybridized carbons (Fsp3) is 0.188. The number of aromatic nitrogens is 1. The van der Waals surface area contributed by atoms with Crippen LogP contribution in [0, 0.1) is 29.0 Å². The molecule has 0 aliphatic heterocycles. The lowest BCUT2D eigenvalue weighted by Crippen LogP contribution is -2.08. The first kappa shape index (κ1) is 47.5. The zero-order chi connectivity index (χ0) is 46.4. The molecule has 1 aliphatic rings. The van der Waals surface area contributed by atoms with E-state index in [0.717, 1.165) is 57.4 Å². The van der Waals surface area contributed by atoms with Gasteiger partial charge in [-0.3, -0.25) is 16.2 Å². The molecule has 4 heterocycles. The number of para-hydroxylation sites is 1. The molecule has 0 radical (unpaired) electrons. The quantitative estimate of drug-likeness (QED) is 0.0307. The molecule has 65 heavy (non-hydrogen) atoms. The van der Waals surface area contributed by atoms with Crippen LogP contribution in [0.4, 0.5) is 38.5 Å². The molecule has 12 N–H and O–H groups in total. The van der Waals surface area contributed by atoms with Crippen molar-refractivity contribution in [2.75, 3.05) is 34.7 Å². The molecule has 336 valence electrons. The highest BCUT2D eigenvalue weighted by molar-refractivity contribution is 8.01. The molecule has 9 rings (SSSR count). The summed E-state index contributed by atoms with van der Waals surface area (Å²) < 4.78 is 19.2. The maximum absolute atomic E-state index is 13.5. The number of rotatable bonds is 13. The molecule has 0 fully saturated rings. The molecular formula is C48H51FN10S6. The van der Waals surface area contributed by atoms with E-state index < -0.39 is 0 Å². The molecular weight excluding hydrogens is 928 g/mol. The van der Waals surface area contributed by atoms with E-state index in [1.54, 1.807) is 70.9 Å². The second-order valence-corrected chi connectivity index (χ2v) is 21.3. The number of thioether (sulfide) groups is 3. The van der Waals surface area contributed by atoms with Crippen molar-refractivity contribution in [2.45, 2.75) is 52.3 Å². The molecule has 0 atom stereocenters. The van der Waals surface area contributed by atoms with Crippen molar-refractivity contribution in [3.8, 4) is 0 Å². The summed E-state index contributed by atoms with van der Waals surface area (Å²) in [5.74, 6) is 0.0493. The third kappa shape index (κ3) is 11.0. The van der Waals surface area contributed by atoms with Gasteiger partial charge in [-0.15, -0.1) is 69.3 Å². The van der Waals surface area contributed by atoms with E-state index in [9.17, 15) is 4.39 Å². The summed E-state index contributed by atoms with van der Waals surface area (Å²) in [6.07, 6.45) is 9.70. The van der Waals surface area contributed by atoms with Gasteiger partial charge < -0.3 is 37.7 Å². The van der Waals surface area contributed by atoms with Crippen LogP contribution >= 0.6 is 69.3 Å². The van der Waals surface area contributed by atoms with E-state index in [1.807, 2.05) is 43.0 Å². The molecule has 0 bridgehead atoms. The average molecular weight is 979 g/mol. The third-order valence-corrected chi connectivity index (χ3v) is 17.6. The van der Waals surface area contributed by atoms with Gasteiger partial charge in [-0.1, -0.05) is 30.3 Å². The summed E-state index contributed by atoms with van der Waals surface area (Å²) in [7, 11) is 0. The molecule has 17 heteroatoms.